The lowest BCUT2D eigenvalue weighted by Crippen LogP contribution is -2.01. The highest BCUT2D eigenvalue weighted by Gasteiger charge is 2.06. The van der Waals surface area contributed by atoms with E-state index in [2.05, 4.69) is 15.3 Å². The predicted molar refractivity (Wildman–Crippen MR) is 51.1 cm³/mol. The van der Waals surface area contributed by atoms with Gasteiger partial charge in [-0.05, 0) is 19.1 Å². The smallest absolute Gasteiger partial charge is 0.180 e. The normalized spacial score (nSPS) is 11.0. The zero-order chi connectivity index (χ0) is 9.97. The molecule has 0 aliphatic rings. The van der Waals surface area contributed by atoms with Crippen molar-refractivity contribution in [1.29, 1.82) is 0 Å². The average molecular weight is 213 g/mol. The lowest BCUT2D eigenvalue weighted by molar-refractivity contribution is 0.127. The molecule has 0 saturated heterocycles. The van der Waals surface area contributed by atoms with Crippen molar-refractivity contribution < 1.29 is 4.74 Å². The second kappa shape index (κ2) is 3.89. The molecule has 2 aromatic rings. The van der Waals surface area contributed by atoms with Gasteiger partial charge in [-0.15, -0.1) is 10.2 Å². The van der Waals surface area contributed by atoms with Gasteiger partial charge in [0.1, 0.15) is 11.8 Å². The summed E-state index contributed by atoms with van der Waals surface area (Å²) in [5.74, 6) is 0.657. The molecule has 5 nitrogen and oxygen atoms in total. The molecular formula is C8H9ClN4O. The van der Waals surface area contributed by atoms with Crippen molar-refractivity contribution in [1.82, 2.24) is 19.8 Å². The SMILES string of the molecule is CCOCc1nnc2ccc(Cl)nn12. The molecule has 2 heterocycles. The first-order valence-corrected chi connectivity index (χ1v) is 4.63. The highest BCUT2D eigenvalue weighted by atomic mass is 35.5. The molecule has 0 atom stereocenters. The molecule has 0 saturated carbocycles. The summed E-state index contributed by atoms with van der Waals surface area (Å²) in [5, 5.41) is 12.3. The van der Waals surface area contributed by atoms with Crippen LogP contribution in [0.15, 0.2) is 12.1 Å². The maximum atomic E-state index is 5.75. The summed E-state index contributed by atoms with van der Waals surface area (Å²) >= 11 is 5.75. The number of rotatable bonds is 3. The molecule has 0 aliphatic carbocycles. The van der Waals surface area contributed by atoms with Crippen molar-refractivity contribution in [3.8, 4) is 0 Å². The molecule has 0 aliphatic heterocycles. The van der Waals surface area contributed by atoms with Crippen LogP contribution in [0.4, 0.5) is 0 Å². The third kappa shape index (κ3) is 1.69. The van der Waals surface area contributed by atoms with Gasteiger partial charge in [0, 0.05) is 6.61 Å². The van der Waals surface area contributed by atoms with Gasteiger partial charge >= 0.3 is 0 Å². The maximum absolute atomic E-state index is 5.75. The van der Waals surface area contributed by atoms with E-state index in [4.69, 9.17) is 16.3 Å². The zero-order valence-electron chi connectivity index (χ0n) is 7.64. The van der Waals surface area contributed by atoms with Crippen molar-refractivity contribution in [3.05, 3.63) is 23.1 Å². The summed E-state index contributed by atoms with van der Waals surface area (Å²) in [6.45, 7) is 2.95. The van der Waals surface area contributed by atoms with Gasteiger partial charge < -0.3 is 4.74 Å². The van der Waals surface area contributed by atoms with Gasteiger partial charge in [-0.25, -0.2) is 0 Å². The molecule has 0 bridgehead atoms. The number of nitrogens with zero attached hydrogens (tertiary/aromatic N) is 4. The second-order valence-electron chi connectivity index (χ2n) is 2.68. The first kappa shape index (κ1) is 9.36. The number of aromatic nitrogens is 4. The lowest BCUT2D eigenvalue weighted by Gasteiger charge is -1.98. The minimum absolute atomic E-state index is 0.394. The number of ether oxygens (including phenoxy) is 1. The third-order valence-corrected chi connectivity index (χ3v) is 1.93. The molecule has 2 rings (SSSR count). The van der Waals surface area contributed by atoms with Crippen molar-refractivity contribution in [2.24, 2.45) is 0 Å². The summed E-state index contributed by atoms with van der Waals surface area (Å²) in [6, 6.07) is 3.44. The average Bonchev–Trinajstić information content (AvgIpc) is 2.57. The zero-order valence-corrected chi connectivity index (χ0v) is 8.40. The predicted octanol–water partition coefficient (Wildman–Crippen LogP) is 1.31. The number of hydrogen-bond donors (Lipinski definition) is 0. The van der Waals surface area contributed by atoms with E-state index in [0.717, 1.165) is 0 Å². The van der Waals surface area contributed by atoms with Crippen LogP contribution in [0.2, 0.25) is 5.15 Å². The fourth-order valence-corrected chi connectivity index (χ4v) is 1.23. The second-order valence-corrected chi connectivity index (χ2v) is 3.07. The standard InChI is InChI=1S/C8H9ClN4O/c1-2-14-5-8-11-10-7-4-3-6(9)12-13(7)8/h3-4H,2,5H2,1H3. The van der Waals surface area contributed by atoms with Crippen LogP contribution in [0.25, 0.3) is 5.65 Å². The van der Waals surface area contributed by atoms with E-state index in [9.17, 15) is 0 Å². The highest BCUT2D eigenvalue weighted by Crippen LogP contribution is 2.07. The van der Waals surface area contributed by atoms with Crippen LogP contribution in [0, 0.1) is 0 Å². The topological polar surface area (TPSA) is 52.3 Å². The van der Waals surface area contributed by atoms with Crippen molar-refractivity contribution in [3.63, 3.8) is 0 Å². The molecular weight excluding hydrogens is 204 g/mol. The summed E-state index contributed by atoms with van der Waals surface area (Å²) in [6.07, 6.45) is 0. The van der Waals surface area contributed by atoms with E-state index in [1.807, 2.05) is 6.92 Å². The number of halogens is 1. The van der Waals surface area contributed by atoms with Crippen molar-refractivity contribution >= 4 is 17.2 Å². The summed E-state index contributed by atoms with van der Waals surface area (Å²) < 4.78 is 6.80. The van der Waals surface area contributed by atoms with E-state index in [-0.39, 0.29) is 0 Å². The first-order valence-electron chi connectivity index (χ1n) is 4.26. The molecule has 74 valence electrons. The van der Waals surface area contributed by atoms with Gasteiger partial charge in [-0.1, -0.05) is 11.6 Å². The largest absolute Gasteiger partial charge is 0.374 e. The molecule has 0 fully saturated rings. The fourth-order valence-electron chi connectivity index (χ4n) is 1.09. The van der Waals surface area contributed by atoms with Gasteiger partial charge in [-0.2, -0.15) is 9.61 Å². The fraction of sp³-hybridized carbons (Fsp3) is 0.375. The van der Waals surface area contributed by atoms with Gasteiger partial charge in [0.25, 0.3) is 0 Å². The number of fused-ring (bicyclic) bond motifs is 1. The van der Waals surface area contributed by atoms with Crippen LogP contribution in [0.3, 0.4) is 0 Å². The van der Waals surface area contributed by atoms with Crippen LogP contribution in [0.5, 0.6) is 0 Å². The molecule has 2 aromatic heterocycles. The van der Waals surface area contributed by atoms with Gasteiger partial charge in [0.15, 0.2) is 11.5 Å². The molecule has 14 heavy (non-hydrogen) atoms. The van der Waals surface area contributed by atoms with Crippen LogP contribution in [0.1, 0.15) is 12.7 Å². The molecule has 0 spiro atoms. The Bertz CT molecular complexity index is 442. The molecule has 0 unspecified atom stereocenters. The maximum Gasteiger partial charge on any atom is 0.180 e. The molecule has 0 N–H and O–H groups in total. The van der Waals surface area contributed by atoms with Crippen LogP contribution in [-0.2, 0) is 11.3 Å². The van der Waals surface area contributed by atoms with E-state index in [0.29, 0.717) is 29.8 Å². The van der Waals surface area contributed by atoms with Crippen LogP contribution in [-0.4, -0.2) is 26.4 Å². The third-order valence-electron chi connectivity index (χ3n) is 1.73. The van der Waals surface area contributed by atoms with Crippen LogP contribution >= 0.6 is 11.6 Å². The van der Waals surface area contributed by atoms with Gasteiger partial charge in [0.2, 0.25) is 0 Å². The Morgan fingerprint density at radius 3 is 3.07 bits per heavy atom. The van der Waals surface area contributed by atoms with Gasteiger partial charge in [-0.3, -0.25) is 0 Å². The van der Waals surface area contributed by atoms with Crippen LogP contribution < -0.4 is 0 Å². The monoisotopic (exact) mass is 212 g/mol. The minimum Gasteiger partial charge on any atom is -0.374 e. The Kier molecular flexibility index (Phi) is 2.60. The van der Waals surface area contributed by atoms with E-state index >= 15 is 0 Å². The quantitative estimate of drug-likeness (QED) is 0.770. The Balaban J connectivity index is 2.40. The van der Waals surface area contributed by atoms with Gasteiger partial charge in [0.05, 0.1) is 0 Å². The number of hydrogen-bond acceptors (Lipinski definition) is 4. The molecule has 0 aromatic carbocycles. The first-order chi connectivity index (χ1) is 6.81. The Hall–Kier alpha value is -1.20. The Morgan fingerprint density at radius 2 is 2.29 bits per heavy atom. The minimum atomic E-state index is 0.394. The Morgan fingerprint density at radius 1 is 1.43 bits per heavy atom. The van der Waals surface area contributed by atoms with E-state index < -0.39 is 0 Å². The molecule has 0 amide bonds. The molecule has 0 radical (unpaired) electrons. The Labute approximate surface area is 85.7 Å². The van der Waals surface area contributed by atoms with Crippen molar-refractivity contribution in [2.75, 3.05) is 6.61 Å². The summed E-state index contributed by atoms with van der Waals surface area (Å²) in [4.78, 5) is 0. The summed E-state index contributed by atoms with van der Waals surface area (Å²) in [5.41, 5.74) is 0.670. The summed E-state index contributed by atoms with van der Waals surface area (Å²) in [7, 11) is 0. The lowest BCUT2D eigenvalue weighted by atomic mass is 10.5. The van der Waals surface area contributed by atoms with E-state index in [1.54, 1.807) is 16.6 Å². The molecule has 6 heteroatoms. The van der Waals surface area contributed by atoms with Crippen molar-refractivity contribution in [2.45, 2.75) is 13.5 Å². The van der Waals surface area contributed by atoms with E-state index in [1.165, 1.54) is 0 Å². The highest BCUT2D eigenvalue weighted by molar-refractivity contribution is 6.29.